The summed E-state index contributed by atoms with van der Waals surface area (Å²) in [6.45, 7) is 0.154. The highest BCUT2D eigenvalue weighted by Crippen LogP contribution is 2.18. The monoisotopic (exact) mass is 249 g/mol. The fourth-order valence-corrected chi connectivity index (χ4v) is 1.98. The summed E-state index contributed by atoms with van der Waals surface area (Å²) < 4.78 is 12.7. The minimum Gasteiger partial charge on any atom is -0.387 e. The molecule has 1 aliphatic rings. The third-order valence-electron chi connectivity index (χ3n) is 3.10. The molecular formula is C14H16FNO2. The number of aliphatic hydroxyl groups is 1. The largest absolute Gasteiger partial charge is 0.387 e. The summed E-state index contributed by atoms with van der Waals surface area (Å²) in [7, 11) is 0. The first kappa shape index (κ1) is 12.8. The predicted octanol–water partition coefficient (Wildman–Crippen LogP) is 1.94. The Kier molecular flexibility index (Phi) is 4.10. The van der Waals surface area contributed by atoms with Crippen LogP contribution < -0.4 is 5.32 Å². The number of allylic oxidation sites excluding steroid dienone is 2. The van der Waals surface area contributed by atoms with Crippen LogP contribution in [0.4, 0.5) is 4.39 Å². The van der Waals surface area contributed by atoms with E-state index >= 15 is 0 Å². The van der Waals surface area contributed by atoms with E-state index in [0.717, 1.165) is 12.8 Å². The number of carbonyl (C=O) groups excluding carboxylic acids is 1. The van der Waals surface area contributed by atoms with Gasteiger partial charge in [0.05, 0.1) is 6.10 Å². The molecule has 0 heterocycles. The Morgan fingerprint density at radius 3 is 2.56 bits per heavy atom. The average molecular weight is 249 g/mol. The van der Waals surface area contributed by atoms with Crippen LogP contribution in [0.5, 0.6) is 0 Å². The standard InChI is InChI=1S/C14H16FNO2/c15-12-7-5-10(6-8-12)13(17)9-16-14(18)11-3-1-2-4-11/h1-2,5-8,11,13,17H,3-4,9H2,(H,16,18). The summed E-state index contributed by atoms with van der Waals surface area (Å²) in [6, 6.07) is 5.62. The first-order chi connectivity index (χ1) is 8.66. The molecule has 0 saturated carbocycles. The zero-order chi connectivity index (χ0) is 13.0. The quantitative estimate of drug-likeness (QED) is 0.801. The van der Waals surface area contributed by atoms with Gasteiger partial charge in [0.2, 0.25) is 5.91 Å². The molecule has 2 N–H and O–H groups in total. The molecule has 0 fully saturated rings. The number of benzene rings is 1. The second-order valence-corrected chi connectivity index (χ2v) is 4.45. The first-order valence-corrected chi connectivity index (χ1v) is 6.03. The number of rotatable bonds is 4. The Hall–Kier alpha value is -1.68. The minimum absolute atomic E-state index is 0.00887. The van der Waals surface area contributed by atoms with Crippen LogP contribution in [0, 0.1) is 11.7 Å². The van der Waals surface area contributed by atoms with Gasteiger partial charge >= 0.3 is 0 Å². The maximum atomic E-state index is 12.7. The molecule has 0 bridgehead atoms. The van der Waals surface area contributed by atoms with Gasteiger partial charge in [0.15, 0.2) is 0 Å². The molecule has 18 heavy (non-hydrogen) atoms. The number of hydrogen-bond donors (Lipinski definition) is 2. The van der Waals surface area contributed by atoms with Crippen LogP contribution in [0.25, 0.3) is 0 Å². The van der Waals surface area contributed by atoms with Gasteiger partial charge in [0.1, 0.15) is 5.82 Å². The SMILES string of the molecule is O=C(NCC(O)c1ccc(F)cc1)C1CC=CC1. The first-order valence-electron chi connectivity index (χ1n) is 6.03. The van der Waals surface area contributed by atoms with Crippen LogP contribution in [0.3, 0.4) is 0 Å². The summed E-state index contributed by atoms with van der Waals surface area (Å²) in [5.74, 6) is -0.390. The van der Waals surface area contributed by atoms with Crippen LogP contribution in [-0.4, -0.2) is 17.6 Å². The van der Waals surface area contributed by atoms with E-state index < -0.39 is 6.10 Å². The van der Waals surface area contributed by atoms with Gasteiger partial charge in [-0.25, -0.2) is 4.39 Å². The maximum Gasteiger partial charge on any atom is 0.223 e. The molecule has 1 amide bonds. The molecular weight excluding hydrogens is 233 g/mol. The smallest absolute Gasteiger partial charge is 0.223 e. The summed E-state index contributed by atoms with van der Waals surface area (Å²) in [6.07, 6.45) is 4.70. The Morgan fingerprint density at radius 2 is 1.94 bits per heavy atom. The third kappa shape index (κ3) is 3.17. The van der Waals surface area contributed by atoms with Crippen molar-refractivity contribution in [3.05, 3.63) is 47.8 Å². The van der Waals surface area contributed by atoms with E-state index in [2.05, 4.69) is 5.32 Å². The molecule has 1 aromatic rings. The molecule has 0 radical (unpaired) electrons. The van der Waals surface area contributed by atoms with Crippen molar-refractivity contribution in [2.45, 2.75) is 18.9 Å². The number of aliphatic hydroxyl groups excluding tert-OH is 1. The van der Waals surface area contributed by atoms with Gasteiger partial charge in [-0.3, -0.25) is 4.79 Å². The van der Waals surface area contributed by atoms with E-state index in [4.69, 9.17) is 0 Å². The lowest BCUT2D eigenvalue weighted by Gasteiger charge is -2.14. The molecule has 4 heteroatoms. The molecule has 1 atom stereocenters. The predicted molar refractivity (Wildman–Crippen MR) is 66.2 cm³/mol. The van der Waals surface area contributed by atoms with Gasteiger partial charge < -0.3 is 10.4 Å². The van der Waals surface area contributed by atoms with Crippen LogP contribution in [0.15, 0.2) is 36.4 Å². The Labute approximate surface area is 105 Å². The number of amides is 1. The Balaban J connectivity index is 1.82. The van der Waals surface area contributed by atoms with Crippen molar-refractivity contribution in [2.24, 2.45) is 5.92 Å². The number of halogens is 1. The molecule has 0 aliphatic heterocycles. The molecule has 3 nitrogen and oxygen atoms in total. The summed E-state index contributed by atoms with van der Waals surface area (Å²) in [5.41, 5.74) is 0.598. The normalized spacial score (nSPS) is 16.8. The maximum absolute atomic E-state index is 12.7. The van der Waals surface area contributed by atoms with E-state index in [1.54, 1.807) is 0 Å². The van der Waals surface area contributed by atoms with Crippen molar-refractivity contribution in [3.63, 3.8) is 0 Å². The van der Waals surface area contributed by atoms with E-state index in [9.17, 15) is 14.3 Å². The molecule has 0 aromatic heterocycles. The summed E-state index contributed by atoms with van der Waals surface area (Å²) >= 11 is 0. The topological polar surface area (TPSA) is 49.3 Å². The fourth-order valence-electron chi connectivity index (χ4n) is 1.98. The highest BCUT2D eigenvalue weighted by atomic mass is 19.1. The van der Waals surface area contributed by atoms with E-state index in [-0.39, 0.29) is 24.2 Å². The van der Waals surface area contributed by atoms with Gasteiger partial charge in [-0.1, -0.05) is 24.3 Å². The fraction of sp³-hybridized carbons (Fsp3) is 0.357. The second-order valence-electron chi connectivity index (χ2n) is 4.45. The number of nitrogens with one attached hydrogen (secondary N) is 1. The van der Waals surface area contributed by atoms with Gasteiger partial charge in [0.25, 0.3) is 0 Å². The third-order valence-corrected chi connectivity index (χ3v) is 3.10. The van der Waals surface area contributed by atoms with Crippen LogP contribution in [0.1, 0.15) is 24.5 Å². The molecule has 0 spiro atoms. The van der Waals surface area contributed by atoms with E-state index in [1.807, 2.05) is 12.2 Å². The van der Waals surface area contributed by atoms with Crippen molar-refractivity contribution in [1.82, 2.24) is 5.32 Å². The van der Waals surface area contributed by atoms with Crippen LogP contribution >= 0.6 is 0 Å². The molecule has 96 valence electrons. The Morgan fingerprint density at radius 1 is 1.33 bits per heavy atom. The van der Waals surface area contributed by atoms with Crippen LogP contribution in [0.2, 0.25) is 0 Å². The van der Waals surface area contributed by atoms with Crippen molar-refractivity contribution < 1.29 is 14.3 Å². The lowest BCUT2D eigenvalue weighted by Crippen LogP contribution is -2.32. The molecule has 1 unspecified atom stereocenters. The highest BCUT2D eigenvalue weighted by Gasteiger charge is 2.19. The van der Waals surface area contributed by atoms with Crippen LogP contribution in [-0.2, 0) is 4.79 Å². The molecule has 2 rings (SSSR count). The zero-order valence-electron chi connectivity index (χ0n) is 9.97. The van der Waals surface area contributed by atoms with Crippen molar-refractivity contribution >= 4 is 5.91 Å². The van der Waals surface area contributed by atoms with Gasteiger partial charge in [-0.05, 0) is 30.5 Å². The average Bonchev–Trinajstić information content (AvgIpc) is 2.90. The van der Waals surface area contributed by atoms with Crippen molar-refractivity contribution in [2.75, 3.05) is 6.54 Å². The lowest BCUT2D eigenvalue weighted by atomic mass is 10.1. The Bertz CT molecular complexity index is 434. The van der Waals surface area contributed by atoms with E-state index in [0.29, 0.717) is 5.56 Å². The highest BCUT2D eigenvalue weighted by molar-refractivity contribution is 5.79. The van der Waals surface area contributed by atoms with Gasteiger partial charge in [-0.2, -0.15) is 0 Å². The number of carbonyl (C=O) groups is 1. The van der Waals surface area contributed by atoms with Gasteiger partial charge in [0, 0.05) is 12.5 Å². The number of hydrogen-bond acceptors (Lipinski definition) is 2. The second kappa shape index (κ2) is 5.78. The van der Waals surface area contributed by atoms with E-state index in [1.165, 1.54) is 24.3 Å². The zero-order valence-corrected chi connectivity index (χ0v) is 9.97. The molecule has 1 aliphatic carbocycles. The van der Waals surface area contributed by atoms with Gasteiger partial charge in [-0.15, -0.1) is 0 Å². The van der Waals surface area contributed by atoms with Crippen molar-refractivity contribution in [1.29, 1.82) is 0 Å². The van der Waals surface area contributed by atoms with Crippen molar-refractivity contribution in [3.8, 4) is 0 Å². The lowest BCUT2D eigenvalue weighted by molar-refractivity contribution is -0.125. The minimum atomic E-state index is -0.802. The summed E-state index contributed by atoms with van der Waals surface area (Å²) in [4.78, 5) is 11.7. The molecule has 0 saturated heterocycles. The summed E-state index contributed by atoms with van der Waals surface area (Å²) in [5, 5.41) is 12.6. The molecule has 1 aromatic carbocycles.